The zero-order chi connectivity index (χ0) is 16.0. The van der Waals surface area contributed by atoms with Crippen molar-refractivity contribution >= 4 is 5.91 Å². The molecule has 0 bridgehead atoms. The second kappa shape index (κ2) is 5.45. The summed E-state index contributed by atoms with van der Waals surface area (Å²) in [5.41, 5.74) is 2.22. The van der Waals surface area contributed by atoms with Crippen molar-refractivity contribution in [3.63, 3.8) is 0 Å². The van der Waals surface area contributed by atoms with Crippen LogP contribution in [-0.2, 0) is 0 Å². The first kappa shape index (κ1) is 14.4. The number of aliphatic hydroxyl groups excluding tert-OH is 1. The van der Waals surface area contributed by atoms with Gasteiger partial charge in [-0.1, -0.05) is 12.1 Å². The minimum absolute atomic E-state index is 0.195. The molecular formula is C17H18FN3O2. The number of benzene rings is 1. The van der Waals surface area contributed by atoms with E-state index in [4.69, 9.17) is 0 Å². The number of carbonyl (C=O) groups is 1. The Bertz CT molecular complexity index is 724. The Balaban J connectivity index is 1.59. The van der Waals surface area contributed by atoms with Gasteiger partial charge in [0.25, 0.3) is 5.91 Å². The summed E-state index contributed by atoms with van der Waals surface area (Å²) in [6.45, 7) is 0.270. The van der Waals surface area contributed by atoms with Gasteiger partial charge in [-0.25, -0.2) is 4.39 Å². The van der Waals surface area contributed by atoms with Crippen molar-refractivity contribution < 1.29 is 14.3 Å². The molecule has 0 radical (unpaired) electrons. The number of aromatic nitrogens is 2. The number of β-amino-alcohol motifs (C(OH)–C–C–N with tert-alkyl or cyclic N) is 1. The molecule has 23 heavy (non-hydrogen) atoms. The van der Waals surface area contributed by atoms with Gasteiger partial charge in [-0.2, -0.15) is 5.10 Å². The number of aromatic amines is 1. The van der Waals surface area contributed by atoms with Gasteiger partial charge in [0, 0.05) is 18.2 Å². The third-order valence-corrected chi connectivity index (χ3v) is 4.63. The molecule has 0 spiro atoms. The summed E-state index contributed by atoms with van der Waals surface area (Å²) < 4.78 is 13.1. The highest BCUT2D eigenvalue weighted by Crippen LogP contribution is 2.39. The van der Waals surface area contributed by atoms with E-state index in [-0.39, 0.29) is 24.3 Å². The van der Waals surface area contributed by atoms with Crippen molar-refractivity contribution in [2.24, 2.45) is 0 Å². The van der Waals surface area contributed by atoms with E-state index in [2.05, 4.69) is 10.2 Å². The molecule has 5 nitrogen and oxygen atoms in total. The van der Waals surface area contributed by atoms with Gasteiger partial charge in [-0.05, 0) is 43.0 Å². The molecule has 2 N–H and O–H groups in total. The molecule has 2 aromatic rings. The van der Waals surface area contributed by atoms with E-state index < -0.39 is 6.10 Å². The summed E-state index contributed by atoms with van der Waals surface area (Å²) >= 11 is 0. The van der Waals surface area contributed by atoms with Crippen LogP contribution in [0.3, 0.4) is 0 Å². The van der Waals surface area contributed by atoms with Gasteiger partial charge in [0.05, 0.1) is 12.1 Å². The highest BCUT2D eigenvalue weighted by atomic mass is 19.1. The highest BCUT2D eigenvalue weighted by molar-refractivity contribution is 5.93. The van der Waals surface area contributed by atoms with Crippen molar-refractivity contribution in [2.45, 2.75) is 37.3 Å². The number of rotatable bonds is 3. The second-order valence-corrected chi connectivity index (χ2v) is 6.40. The maximum Gasteiger partial charge on any atom is 0.274 e. The van der Waals surface area contributed by atoms with Gasteiger partial charge < -0.3 is 10.0 Å². The number of H-pyrrole nitrogens is 1. The lowest BCUT2D eigenvalue weighted by Crippen LogP contribution is -2.32. The van der Waals surface area contributed by atoms with E-state index in [0.29, 0.717) is 18.0 Å². The average Bonchev–Trinajstić information content (AvgIpc) is 3.14. The molecule has 1 aliphatic heterocycles. The van der Waals surface area contributed by atoms with Gasteiger partial charge in [0.15, 0.2) is 0 Å². The van der Waals surface area contributed by atoms with Crippen LogP contribution in [0.15, 0.2) is 30.3 Å². The van der Waals surface area contributed by atoms with Gasteiger partial charge >= 0.3 is 0 Å². The number of nitrogens with zero attached hydrogens (tertiary/aromatic N) is 2. The van der Waals surface area contributed by atoms with Crippen LogP contribution in [-0.4, -0.2) is 38.8 Å². The molecule has 2 heterocycles. The number of amides is 1. The Morgan fingerprint density at radius 3 is 2.74 bits per heavy atom. The summed E-state index contributed by atoms with van der Waals surface area (Å²) in [5, 5.41) is 17.1. The molecule has 120 valence electrons. The third kappa shape index (κ3) is 2.74. The van der Waals surface area contributed by atoms with Crippen LogP contribution in [0.1, 0.15) is 53.0 Å². The molecule has 1 amide bonds. The molecule has 6 heteroatoms. The molecule has 1 aromatic heterocycles. The maximum absolute atomic E-state index is 13.1. The number of aliphatic hydroxyl groups is 1. The standard InChI is InChI=1S/C17H18FN3O2/c18-12-5-3-11(4-6-12)16-7-13(22)9-21(16)17(23)15-8-14(19-20-15)10-1-2-10/h3-6,8,10,13,16,22H,1-2,7,9H2,(H,19,20). The zero-order valence-electron chi connectivity index (χ0n) is 12.6. The first-order valence-corrected chi connectivity index (χ1v) is 7.91. The normalized spacial score (nSPS) is 24.2. The monoisotopic (exact) mass is 315 g/mol. The van der Waals surface area contributed by atoms with Crippen molar-refractivity contribution in [3.05, 3.63) is 53.1 Å². The minimum atomic E-state index is -0.573. The largest absolute Gasteiger partial charge is 0.391 e. The number of hydrogen-bond donors (Lipinski definition) is 2. The Morgan fingerprint density at radius 1 is 1.30 bits per heavy atom. The van der Waals surface area contributed by atoms with E-state index >= 15 is 0 Å². The van der Waals surface area contributed by atoms with Crippen LogP contribution >= 0.6 is 0 Å². The lowest BCUT2D eigenvalue weighted by molar-refractivity contribution is 0.0710. The molecule has 2 unspecified atom stereocenters. The maximum atomic E-state index is 13.1. The fraction of sp³-hybridized carbons (Fsp3) is 0.412. The zero-order valence-corrected chi connectivity index (χ0v) is 12.6. The van der Waals surface area contributed by atoms with Crippen molar-refractivity contribution in [3.8, 4) is 0 Å². The summed E-state index contributed by atoms with van der Waals surface area (Å²) in [6.07, 6.45) is 2.15. The van der Waals surface area contributed by atoms with Crippen LogP contribution < -0.4 is 0 Å². The van der Waals surface area contributed by atoms with Crippen molar-refractivity contribution in [1.82, 2.24) is 15.1 Å². The van der Waals surface area contributed by atoms with E-state index in [0.717, 1.165) is 24.1 Å². The van der Waals surface area contributed by atoms with E-state index in [1.807, 2.05) is 6.07 Å². The summed E-state index contributed by atoms with van der Waals surface area (Å²) in [5.74, 6) is -0.00770. The lowest BCUT2D eigenvalue weighted by Gasteiger charge is -2.23. The molecule has 1 saturated heterocycles. The van der Waals surface area contributed by atoms with E-state index in [1.165, 1.54) is 12.1 Å². The molecular weight excluding hydrogens is 297 g/mol. The van der Waals surface area contributed by atoms with Gasteiger partial charge in [-0.15, -0.1) is 0 Å². The molecule has 2 aliphatic rings. The van der Waals surface area contributed by atoms with Crippen LogP contribution in [0.4, 0.5) is 4.39 Å². The minimum Gasteiger partial charge on any atom is -0.391 e. The third-order valence-electron chi connectivity index (χ3n) is 4.63. The van der Waals surface area contributed by atoms with Crippen LogP contribution in [0.5, 0.6) is 0 Å². The molecule has 4 rings (SSSR count). The van der Waals surface area contributed by atoms with E-state index in [9.17, 15) is 14.3 Å². The van der Waals surface area contributed by atoms with Crippen LogP contribution in [0.25, 0.3) is 0 Å². The number of hydrogen-bond acceptors (Lipinski definition) is 3. The molecule has 1 aliphatic carbocycles. The summed E-state index contributed by atoms with van der Waals surface area (Å²) in [4.78, 5) is 14.4. The van der Waals surface area contributed by atoms with Gasteiger partial charge in [0.2, 0.25) is 0 Å². The SMILES string of the molecule is O=C(c1cc(C2CC2)[nH]n1)N1CC(O)CC1c1ccc(F)cc1. The number of likely N-dealkylation sites (tertiary alicyclic amines) is 1. The lowest BCUT2D eigenvalue weighted by atomic mass is 10.0. The Morgan fingerprint density at radius 2 is 2.04 bits per heavy atom. The molecule has 2 atom stereocenters. The quantitative estimate of drug-likeness (QED) is 0.913. The predicted octanol–water partition coefficient (Wildman–Crippen LogP) is 2.37. The molecule has 1 saturated carbocycles. The smallest absolute Gasteiger partial charge is 0.274 e. The fourth-order valence-corrected chi connectivity index (χ4v) is 3.24. The molecule has 1 aromatic carbocycles. The first-order valence-electron chi connectivity index (χ1n) is 7.91. The van der Waals surface area contributed by atoms with Crippen molar-refractivity contribution in [1.29, 1.82) is 0 Å². The number of carbonyl (C=O) groups excluding carboxylic acids is 1. The van der Waals surface area contributed by atoms with Crippen LogP contribution in [0.2, 0.25) is 0 Å². The Labute approximate surface area is 133 Å². The average molecular weight is 315 g/mol. The topological polar surface area (TPSA) is 69.2 Å². The summed E-state index contributed by atoms with van der Waals surface area (Å²) in [6, 6.07) is 7.65. The van der Waals surface area contributed by atoms with Gasteiger partial charge in [0.1, 0.15) is 11.5 Å². The highest BCUT2D eigenvalue weighted by Gasteiger charge is 2.37. The number of nitrogens with one attached hydrogen (secondary N) is 1. The first-order chi connectivity index (χ1) is 11.1. The second-order valence-electron chi connectivity index (χ2n) is 6.40. The predicted molar refractivity (Wildman–Crippen MR) is 81.4 cm³/mol. The van der Waals surface area contributed by atoms with E-state index in [1.54, 1.807) is 17.0 Å². The van der Waals surface area contributed by atoms with Gasteiger partial charge in [-0.3, -0.25) is 9.89 Å². The molecule has 2 fully saturated rings. The Hall–Kier alpha value is -2.21. The van der Waals surface area contributed by atoms with Crippen LogP contribution in [0, 0.1) is 5.82 Å². The Kier molecular flexibility index (Phi) is 3.41. The number of halogens is 1. The summed E-state index contributed by atoms with van der Waals surface area (Å²) in [7, 11) is 0. The fourth-order valence-electron chi connectivity index (χ4n) is 3.24. The van der Waals surface area contributed by atoms with Crippen molar-refractivity contribution in [2.75, 3.05) is 6.54 Å².